The second kappa shape index (κ2) is 10.9. The molecule has 0 radical (unpaired) electrons. The Labute approximate surface area is 208 Å². The molecule has 0 spiro atoms. The maximum Gasteiger partial charge on any atom is 0.251 e. The van der Waals surface area contributed by atoms with Crippen LogP contribution in [-0.4, -0.2) is 46.8 Å². The molecule has 0 bridgehead atoms. The van der Waals surface area contributed by atoms with Crippen molar-refractivity contribution in [1.82, 2.24) is 15.3 Å². The van der Waals surface area contributed by atoms with Crippen LogP contribution in [0.4, 0.5) is 14.5 Å². The molecule has 2 aromatic heterocycles. The van der Waals surface area contributed by atoms with E-state index in [-0.39, 0.29) is 46.8 Å². The quantitative estimate of drug-likeness (QED) is 0.484. The van der Waals surface area contributed by atoms with Gasteiger partial charge >= 0.3 is 0 Å². The highest BCUT2D eigenvalue weighted by molar-refractivity contribution is 5.97. The third-order valence-electron chi connectivity index (χ3n) is 6.06. The number of ketones is 1. The van der Waals surface area contributed by atoms with Crippen molar-refractivity contribution in [3.8, 4) is 11.3 Å². The molecule has 4 rings (SSSR count). The number of carbonyl (C=O) groups excluding carboxylic acids is 2. The van der Waals surface area contributed by atoms with Gasteiger partial charge in [-0.25, -0.2) is 13.8 Å². The van der Waals surface area contributed by atoms with Crippen molar-refractivity contribution in [2.45, 2.75) is 45.2 Å². The first kappa shape index (κ1) is 25.4. The lowest BCUT2D eigenvalue weighted by molar-refractivity contribution is 0.0941. The van der Waals surface area contributed by atoms with Crippen LogP contribution >= 0.6 is 0 Å². The minimum Gasteiger partial charge on any atom is -0.370 e. The number of aromatic nitrogens is 2. The third kappa shape index (κ3) is 5.73. The van der Waals surface area contributed by atoms with Gasteiger partial charge in [-0.3, -0.25) is 14.6 Å². The molecule has 1 fully saturated rings. The van der Waals surface area contributed by atoms with E-state index in [9.17, 15) is 18.4 Å². The predicted octanol–water partition coefficient (Wildman–Crippen LogP) is 3.91. The zero-order valence-corrected chi connectivity index (χ0v) is 20.3. The Morgan fingerprint density at radius 2 is 1.94 bits per heavy atom. The van der Waals surface area contributed by atoms with Crippen LogP contribution in [0.5, 0.6) is 0 Å². The first-order valence-electron chi connectivity index (χ1n) is 12.0. The van der Waals surface area contributed by atoms with Gasteiger partial charge in [0.05, 0.1) is 0 Å². The Hall–Kier alpha value is -3.72. The van der Waals surface area contributed by atoms with E-state index in [1.165, 1.54) is 18.2 Å². The molecule has 0 saturated carbocycles. The number of anilines is 1. The van der Waals surface area contributed by atoms with E-state index >= 15 is 0 Å². The van der Waals surface area contributed by atoms with E-state index in [0.29, 0.717) is 12.1 Å². The highest BCUT2D eigenvalue weighted by atomic mass is 19.1. The van der Waals surface area contributed by atoms with Crippen LogP contribution in [-0.2, 0) is 6.42 Å². The predicted molar refractivity (Wildman–Crippen MR) is 134 cm³/mol. The SMILES string of the molecule is CC(C)NC(=O)c1ccc(F)c(-c2nc(C(=O)Cc3cnccc3N3CCC[C@H](N)C3)ccc2F)c1. The molecule has 0 unspecified atom stereocenters. The van der Waals surface area contributed by atoms with Crippen molar-refractivity contribution in [3.05, 3.63) is 77.2 Å². The molecule has 1 aliphatic heterocycles. The molecule has 1 atom stereocenters. The van der Waals surface area contributed by atoms with E-state index in [2.05, 4.69) is 20.2 Å². The topological polar surface area (TPSA) is 101 Å². The summed E-state index contributed by atoms with van der Waals surface area (Å²) in [5.74, 6) is -2.32. The lowest BCUT2D eigenvalue weighted by Crippen LogP contribution is -2.43. The van der Waals surface area contributed by atoms with Crippen LogP contribution in [0.25, 0.3) is 11.3 Å². The molecule has 188 valence electrons. The summed E-state index contributed by atoms with van der Waals surface area (Å²) in [6.07, 6.45) is 5.21. The van der Waals surface area contributed by atoms with Crippen molar-refractivity contribution in [2.75, 3.05) is 18.0 Å². The average molecular weight is 494 g/mol. The molecule has 3 heterocycles. The van der Waals surface area contributed by atoms with Crippen LogP contribution in [0.2, 0.25) is 0 Å². The summed E-state index contributed by atoms with van der Waals surface area (Å²) < 4.78 is 29.4. The number of halogens is 2. The van der Waals surface area contributed by atoms with Gasteiger partial charge < -0.3 is 16.0 Å². The molecule has 3 N–H and O–H groups in total. The highest BCUT2D eigenvalue weighted by Crippen LogP contribution is 2.27. The standard InChI is InChI=1S/C27H29F2N5O2/c1-16(2)32-27(36)17-5-6-21(28)20(12-17)26-22(29)7-8-23(33-26)25(35)13-18-14-31-10-9-24(18)34-11-3-4-19(30)15-34/h5-10,12,14,16,19H,3-4,11,13,15,30H2,1-2H3,(H,32,36)/t19-/m0/s1. The maximum atomic E-state index is 14.7. The monoisotopic (exact) mass is 493 g/mol. The largest absolute Gasteiger partial charge is 0.370 e. The number of hydrogen-bond donors (Lipinski definition) is 2. The molecule has 1 saturated heterocycles. The van der Waals surface area contributed by atoms with Crippen LogP contribution < -0.4 is 16.0 Å². The Balaban J connectivity index is 1.62. The van der Waals surface area contributed by atoms with Crippen LogP contribution in [0.3, 0.4) is 0 Å². The molecule has 0 aliphatic carbocycles. The lowest BCUT2D eigenvalue weighted by atomic mass is 10.0. The van der Waals surface area contributed by atoms with Gasteiger partial charge in [0.2, 0.25) is 0 Å². The molecule has 7 nitrogen and oxygen atoms in total. The molecular formula is C27H29F2N5O2. The van der Waals surface area contributed by atoms with E-state index in [1.54, 1.807) is 26.2 Å². The van der Waals surface area contributed by atoms with Crippen molar-refractivity contribution >= 4 is 17.4 Å². The van der Waals surface area contributed by atoms with Gasteiger partial charge in [-0.05, 0) is 63.1 Å². The van der Waals surface area contributed by atoms with Crippen molar-refractivity contribution in [3.63, 3.8) is 0 Å². The summed E-state index contributed by atoms with van der Waals surface area (Å²) in [5, 5.41) is 2.72. The normalized spacial score (nSPS) is 15.7. The first-order valence-corrected chi connectivity index (χ1v) is 12.0. The van der Waals surface area contributed by atoms with Gasteiger partial charge in [-0.2, -0.15) is 0 Å². The second-order valence-corrected chi connectivity index (χ2v) is 9.30. The number of piperidine rings is 1. The molecule has 3 aromatic rings. The summed E-state index contributed by atoms with van der Waals surface area (Å²) in [6.45, 7) is 5.11. The zero-order valence-electron chi connectivity index (χ0n) is 20.3. The van der Waals surface area contributed by atoms with Gasteiger partial charge in [0.1, 0.15) is 23.0 Å². The van der Waals surface area contributed by atoms with E-state index in [0.717, 1.165) is 37.2 Å². The lowest BCUT2D eigenvalue weighted by Gasteiger charge is -2.33. The fourth-order valence-electron chi connectivity index (χ4n) is 4.34. The average Bonchev–Trinajstić information content (AvgIpc) is 2.84. The highest BCUT2D eigenvalue weighted by Gasteiger charge is 2.22. The number of amides is 1. The summed E-state index contributed by atoms with van der Waals surface area (Å²) >= 11 is 0. The summed E-state index contributed by atoms with van der Waals surface area (Å²) in [7, 11) is 0. The zero-order chi connectivity index (χ0) is 25.8. The number of rotatable bonds is 7. The number of nitrogens with zero attached hydrogens (tertiary/aromatic N) is 3. The van der Waals surface area contributed by atoms with Gasteiger partial charge in [0.25, 0.3) is 5.91 Å². The van der Waals surface area contributed by atoms with Crippen molar-refractivity contribution in [2.24, 2.45) is 5.73 Å². The number of nitrogens with one attached hydrogen (secondary N) is 1. The molecule has 9 heteroatoms. The first-order chi connectivity index (χ1) is 17.2. The molecule has 1 aliphatic rings. The molecule has 36 heavy (non-hydrogen) atoms. The van der Waals surface area contributed by atoms with Gasteiger partial charge in [-0.15, -0.1) is 0 Å². The number of Topliss-reactive ketones (excluding diaryl/α,β-unsaturated/α-hetero) is 1. The Kier molecular flexibility index (Phi) is 7.69. The number of carbonyl (C=O) groups is 2. The third-order valence-corrected chi connectivity index (χ3v) is 6.06. The van der Waals surface area contributed by atoms with E-state index in [1.807, 2.05) is 6.07 Å². The van der Waals surface area contributed by atoms with Crippen molar-refractivity contribution in [1.29, 1.82) is 0 Å². The Morgan fingerprint density at radius 3 is 2.69 bits per heavy atom. The summed E-state index contributed by atoms with van der Waals surface area (Å²) in [4.78, 5) is 36.0. The van der Waals surface area contributed by atoms with Gasteiger partial charge in [0, 0.05) is 66.4 Å². The minimum absolute atomic E-state index is 0.00650. The molecular weight excluding hydrogens is 464 g/mol. The smallest absolute Gasteiger partial charge is 0.251 e. The molecule has 1 amide bonds. The molecule has 1 aromatic carbocycles. The number of pyridine rings is 2. The second-order valence-electron chi connectivity index (χ2n) is 9.30. The van der Waals surface area contributed by atoms with Crippen LogP contribution in [0.1, 0.15) is 53.1 Å². The fraction of sp³-hybridized carbons (Fsp3) is 0.333. The van der Waals surface area contributed by atoms with E-state index in [4.69, 9.17) is 5.73 Å². The number of benzene rings is 1. The van der Waals surface area contributed by atoms with Crippen LogP contribution in [0.15, 0.2) is 48.8 Å². The maximum absolute atomic E-state index is 14.7. The van der Waals surface area contributed by atoms with Gasteiger partial charge in [0.15, 0.2) is 5.78 Å². The fourth-order valence-corrected chi connectivity index (χ4v) is 4.34. The van der Waals surface area contributed by atoms with Crippen LogP contribution in [0, 0.1) is 11.6 Å². The number of nitrogens with two attached hydrogens (primary N) is 1. The summed E-state index contributed by atoms with van der Waals surface area (Å²) in [6, 6.07) is 7.81. The van der Waals surface area contributed by atoms with Gasteiger partial charge in [-0.1, -0.05) is 0 Å². The minimum atomic E-state index is -0.795. The Bertz CT molecular complexity index is 1280. The number of hydrogen-bond acceptors (Lipinski definition) is 6. The Morgan fingerprint density at radius 1 is 1.17 bits per heavy atom. The van der Waals surface area contributed by atoms with E-state index < -0.39 is 17.5 Å². The summed E-state index contributed by atoms with van der Waals surface area (Å²) in [5.41, 5.74) is 7.36. The van der Waals surface area contributed by atoms with Crippen molar-refractivity contribution < 1.29 is 18.4 Å².